The fraction of sp³-hybridized carbons (Fsp3) is 0.923. The van der Waals surface area contributed by atoms with Crippen LogP contribution in [0, 0.1) is 5.41 Å². The summed E-state index contributed by atoms with van der Waals surface area (Å²) in [5.41, 5.74) is -0.0577. The van der Waals surface area contributed by atoms with Crippen molar-refractivity contribution in [2.45, 2.75) is 19.8 Å². The Morgan fingerprint density at radius 2 is 1.95 bits per heavy atom. The van der Waals surface area contributed by atoms with E-state index >= 15 is 0 Å². The largest absolute Gasteiger partial charge is 0.384 e. The van der Waals surface area contributed by atoms with Gasteiger partial charge in [0, 0.05) is 26.1 Å². The van der Waals surface area contributed by atoms with Gasteiger partial charge in [-0.1, -0.05) is 0 Å². The maximum absolute atomic E-state index is 11.9. The Kier molecular flexibility index (Phi) is 9.49. The predicted octanol–water partition coefficient (Wildman–Crippen LogP) is -0.178. The number of piperidine rings is 1. The highest BCUT2D eigenvalue weighted by Crippen LogP contribution is 2.28. The number of rotatable bonds is 8. The number of hydrogen-bond acceptors (Lipinski definition) is 5. The number of carbonyl (C=O) groups is 1. The monoisotopic (exact) mass is 357 g/mol. The van der Waals surface area contributed by atoms with Gasteiger partial charge in [0.25, 0.3) is 0 Å². The van der Waals surface area contributed by atoms with Gasteiger partial charge in [0.2, 0.25) is 15.9 Å². The molecule has 2 N–H and O–H groups in total. The van der Waals surface area contributed by atoms with Gasteiger partial charge in [-0.25, -0.2) is 8.42 Å². The minimum atomic E-state index is -3.32. The molecule has 1 saturated heterocycles. The van der Waals surface area contributed by atoms with Gasteiger partial charge in [0.1, 0.15) is 0 Å². The molecule has 0 atom stereocenters. The molecule has 0 spiro atoms. The average molecular weight is 358 g/mol. The van der Waals surface area contributed by atoms with Gasteiger partial charge < -0.3 is 15.4 Å². The third-order valence-corrected chi connectivity index (χ3v) is 5.79. The van der Waals surface area contributed by atoms with Gasteiger partial charge in [0.15, 0.2) is 0 Å². The SMILES string of the molecule is CCS(=O)(=O)N(C)CC(=O)NCC1(COC)CCNCC1.Cl. The molecule has 0 aromatic carbocycles. The first-order chi connectivity index (χ1) is 9.85. The van der Waals surface area contributed by atoms with E-state index in [2.05, 4.69) is 10.6 Å². The Morgan fingerprint density at radius 1 is 1.36 bits per heavy atom. The highest BCUT2D eigenvalue weighted by Gasteiger charge is 2.32. The van der Waals surface area contributed by atoms with Crippen molar-refractivity contribution in [1.82, 2.24) is 14.9 Å². The zero-order valence-corrected chi connectivity index (χ0v) is 15.2. The lowest BCUT2D eigenvalue weighted by Gasteiger charge is -2.37. The fourth-order valence-electron chi connectivity index (χ4n) is 2.50. The maximum Gasteiger partial charge on any atom is 0.235 e. The zero-order valence-electron chi connectivity index (χ0n) is 13.6. The molecule has 1 aliphatic heterocycles. The summed E-state index contributed by atoms with van der Waals surface area (Å²) in [4.78, 5) is 11.9. The van der Waals surface area contributed by atoms with Crippen LogP contribution in [0.4, 0.5) is 0 Å². The molecule has 1 aliphatic rings. The Labute approximate surface area is 139 Å². The summed E-state index contributed by atoms with van der Waals surface area (Å²) >= 11 is 0. The van der Waals surface area contributed by atoms with Crippen LogP contribution in [0.1, 0.15) is 19.8 Å². The smallest absolute Gasteiger partial charge is 0.235 e. The number of methoxy groups -OCH3 is 1. The molecule has 7 nitrogen and oxygen atoms in total. The van der Waals surface area contributed by atoms with Gasteiger partial charge in [-0.2, -0.15) is 4.31 Å². The van der Waals surface area contributed by atoms with E-state index in [1.165, 1.54) is 7.05 Å². The molecule has 0 aromatic rings. The second-order valence-electron chi connectivity index (χ2n) is 5.62. The van der Waals surface area contributed by atoms with E-state index in [9.17, 15) is 13.2 Å². The highest BCUT2D eigenvalue weighted by atomic mass is 35.5. The van der Waals surface area contributed by atoms with Crippen LogP contribution in [0.25, 0.3) is 0 Å². The normalized spacial score (nSPS) is 17.8. The molecule has 0 aliphatic carbocycles. The van der Waals surface area contributed by atoms with Gasteiger partial charge >= 0.3 is 0 Å². The molecule has 0 saturated carbocycles. The van der Waals surface area contributed by atoms with E-state index < -0.39 is 10.0 Å². The van der Waals surface area contributed by atoms with Crippen molar-refractivity contribution in [1.29, 1.82) is 0 Å². The van der Waals surface area contributed by atoms with E-state index in [1.54, 1.807) is 14.0 Å². The number of nitrogens with zero attached hydrogens (tertiary/aromatic N) is 1. The van der Waals surface area contributed by atoms with Crippen LogP contribution in [0.2, 0.25) is 0 Å². The Bertz CT molecular complexity index is 433. The summed E-state index contributed by atoms with van der Waals surface area (Å²) in [7, 11) is -0.240. The second kappa shape index (κ2) is 9.67. The van der Waals surface area contributed by atoms with E-state index in [-0.39, 0.29) is 36.0 Å². The highest BCUT2D eigenvalue weighted by molar-refractivity contribution is 7.89. The van der Waals surface area contributed by atoms with Crippen LogP contribution < -0.4 is 10.6 Å². The number of amides is 1. The van der Waals surface area contributed by atoms with Crippen molar-refractivity contribution >= 4 is 28.3 Å². The summed E-state index contributed by atoms with van der Waals surface area (Å²) in [5, 5.41) is 6.14. The van der Waals surface area contributed by atoms with Gasteiger partial charge in [0.05, 0.1) is 18.9 Å². The van der Waals surface area contributed by atoms with E-state index in [0.717, 1.165) is 30.2 Å². The van der Waals surface area contributed by atoms with Crippen molar-refractivity contribution in [2.24, 2.45) is 5.41 Å². The molecule has 9 heteroatoms. The van der Waals surface area contributed by atoms with Gasteiger partial charge in [-0.3, -0.25) is 4.79 Å². The van der Waals surface area contributed by atoms with Gasteiger partial charge in [-0.15, -0.1) is 12.4 Å². The summed E-state index contributed by atoms with van der Waals surface area (Å²) in [6.45, 7) is 4.34. The quantitative estimate of drug-likeness (QED) is 0.629. The van der Waals surface area contributed by atoms with Crippen LogP contribution in [-0.2, 0) is 19.6 Å². The molecule has 1 rings (SSSR count). The number of ether oxygens (including phenoxy) is 1. The number of halogens is 1. The molecular weight excluding hydrogens is 330 g/mol. The molecular formula is C13H28ClN3O4S. The summed E-state index contributed by atoms with van der Waals surface area (Å²) in [6, 6.07) is 0. The average Bonchev–Trinajstić information content (AvgIpc) is 2.46. The molecule has 1 fully saturated rings. The van der Waals surface area contributed by atoms with Gasteiger partial charge in [-0.05, 0) is 32.9 Å². The minimum absolute atomic E-state index is 0. The van der Waals surface area contributed by atoms with Crippen LogP contribution in [0.15, 0.2) is 0 Å². The molecule has 22 heavy (non-hydrogen) atoms. The Balaban J connectivity index is 0.00000441. The Hall–Kier alpha value is -0.410. The topological polar surface area (TPSA) is 87.7 Å². The van der Waals surface area contributed by atoms with Crippen molar-refractivity contribution in [3.8, 4) is 0 Å². The lowest BCUT2D eigenvalue weighted by atomic mass is 9.79. The van der Waals surface area contributed by atoms with Crippen LogP contribution >= 0.6 is 12.4 Å². The van der Waals surface area contributed by atoms with Crippen molar-refractivity contribution in [3.63, 3.8) is 0 Å². The third-order valence-electron chi connectivity index (χ3n) is 3.98. The lowest BCUT2D eigenvalue weighted by Crippen LogP contribution is -2.49. The fourth-order valence-corrected chi connectivity index (χ4v) is 3.25. The molecule has 0 radical (unpaired) electrons. The third kappa shape index (κ3) is 6.37. The zero-order chi connectivity index (χ0) is 15.9. The molecule has 1 heterocycles. The standard InChI is InChI=1S/C13H27N3O4S.ClH/c1-4-21(18,19)16(2)9-12(17)15-10-13(11-20-3)5-7-14-8-6-13;/h14H,4-11H2,1-3H3,(H,15,17);1H. The van der Waals surface area contributed by atoms with E-state index in [0.29, 0.717) is 13.2 Å². The summed E-state index contributed by atoms with van der Waals surface area (Å²) in [6.07, 6.45) is 1.87. The van der Waals surface area contributed by atoms with Crippen LogP contribution in [-0.4, -0.2) is 71.3 Å². The van der Waals surface area contributed by atoms with E-state index in [4.69, 9.17) is 4.74 Å². The molecule has 132 valence electrons. The summed E-state index contributed by atoms with van der Waals surface area (Å²) in [5.74, 6) is -0.278. The lowest BCUT2D eigenvalue weighted by molar-refractivity contribution is -0.122. The number of sulfonamides is 1. The maximum atomic E-state index is 11.9. The van der Waals surface area contributed by atoms with Crippen molar-refractivity contribution in [2.75, 3.05) is 52.7 Å². The molecule has 0 aromatic heterocycles. The second-order valence-corrected chi connectivity index (χ2v) is 7.98. The summed E-state index contributed by atoms with van der Waals surface area (Å²) < 4.78 is 29.6. The first kappa shape index (κ1) is 21.6. The van der Waals surface area contributed by atoms with Crippen LogP contribution in [0.5, 0.6) is 0 Å². The van der Waals surface area contributed by atoms with Crippen molar-refractivity contribution < 1.29 is 17.9 Å². The van der Waals surface area contributed by atoms with E-state index in [1.807, 2.05) is 0 Å². The first-order valence-corrected chi connectivity index (χ1v) is 8.86. The van der Waals surface area contributed by atoms with Crippen molar-refractivity contribution in [3.05, 3.63) is 0 Å². The minimum Gasteiger partial charge on any atom is -0.384 e. The number of hydrogen-bond donors (Lipinski definition) is 2. The van der Waals surface area contributed by atoms with Crippen LogP contribution in [0.3, 0.4) is 0 Å². The molecule has 0 bridgehead atoms. The Morgan fingerprint density at radius 3 is 2.45 bits per heavy atom. The number of nitrogens with one attached hydrogen (secondary N) is 2. The predicted molar refractivity (Wildman–Crippen MR) is 88.8 cm³/mol. The number of carbonyl (C=O) groups excluding carboxylic acids is 1. The first-order valence-electron chi connectivity index (χ1n) is 7.25. The number of likely N-dealkylation sites (N-methyl/N-ethyl adjacent to an activating group) is 1. The molecule has 0 unspecified atom stereocenters. The molecule has 1 amide bonds.